The fourth-order valence-corrected chi connectivity index (χ4v) is 1.74. The molecular formula is C15H19F6NO3. The molecule has 4 N–H and O–H groups in total. The van der Waals surface area contributed by atoms with E-state index in [1.807, 2.05) is 0 Å². The molecule has 0 aliphatic carbocycles. The number of halogens is 6. The summed E-state index contributed by atoms with van der Waals surface area (Å²) < 4.78 is 73.7. The van der Waals surface area contributed by atoms with Crippen LogP contribution in [-0.2, 0) is 10.7 Å². The molecule has 1 aromatic rings. The lowest BCUT2D eigenvalue weighted by Crippen LogP contribution is -2.36. The van der Waals surface area contributed by atoms with Crippen LogP contribution in [0.15, 0.2) is 18.2 Å². The number of aliphatic hydroxyl groups is 1. The van der Waals surface area contributed by atoms with E-state index in [2.05, 4.69) is 0 Å². The SMILES string of the molecule is CC(N)c1cccc(C(F)(F)C(O)C(C)C)c1F.O=C(O)C(F)(F)F. The van der Waals surface area contributed by atoms with E-state index in [9.17, 15) is 31.4 Å². The van der Waals surface area contributed by atoms with Crippen LogP contribution in [0.1, 0.15) is 37.9 Å². The Morgan fingerprint density at radius 3 is 1.88 bits per heavy atom. The molecule has 4 nitrogen and oxygen atoms in total. The van der Waals surface area contributed by atoms with E-state index in [1.165, 1.54) is 32.9 Å². The zero-order valence-corrected chi connectivity index (χ0v) is 13.6. The molecular weight excluding hydrogens is 356 g/mol. The minimum absolute atomic E-state index is 0.0168. The van der Waals surface area contributed by atoms with E-state index < -0.39 is 47.5 Å². The molecule has 0 saturated carbocycles. The number of hydrogen-bond acceptors (Lipinski definition) is 3. The lowest BCUT2D eigenvalue weighted by atomic mass is 9.92. The van der Waals surface area contributed by atoms with Gasteiger partial charge in [-0.3, -0.25) is 0 Å². The molecule has 2 atom stereocenters. The van der Waals surface area contributed by atoms with Gasteiger partial charge in [-0.2, -0.15) is 22.0 Å². The number of carbonyl (C=O) groups is 1. The van der Waals surface area contributed by atoms with Crippen molar-refractivity contribution in [1.82, 2.24) is 0 Å². The third-order valence-electron chi connectivity index (χ3n) is 3.12. The number of alkyl halides is 5. The second kappa shape index (κ2) is 8.52. The topological polar surface area (TPSA) is 83.5 Å². The van der Waals surface area contributed by atoms with Gasteiger partial charge in [-0.25, -0.2) is 9.18 Å². The number of aliphatic carboxylic acids is 1. The summed E-state index contributed by atoms with van der Waals surface area (Å²) in [5, 5.41) is 16.6. The predicted molar refractivity (Wildman–Crippen MR) is 77.4 cm³/mol. The number of carboxylic acid groups (broad SMARTS) is 1. The van der Waals surface area contributed by atoms with Gasteiger partial charge in [-0.15, -0.1) is 0 Å². The lowest BCUT2D eigenvalue weighted by molar-refractivity contribution is -0.192. The van der Waals surface area contributed by atoms with Gasteiger partial charge >= 0.3 is 18.1 Å². The van der Waals surface area contributed by atoms with Gasteiger partial charge < -0.3 is 15.9 Å². The maximum Gasteiger partial charge on any atom is 0.490 e. The fourth-order valence-electron chi connectivity index (χ4n) is 1.74. The van der Waals surface area contributed by atoms with Crippen LogP contribution in [0.2, 0.25) is 0 Å². The molecule has 0 amide bonds. The van der Waals surface area contributed by atoms with Gasteiger partial charge in [0, 0.05) is 11.6 Å². The van der Waals surface area contributed by atoms with E-state index in [4.69, 9.17) is 15.6 Å². The fraction of sp³-hybridized carbons (Fsp3) is 0.533. The van der Waals surface area contributed by atoms with Crippen LogP contribution < -0.4 is 5.73 Å². The molecule has 0 heterocycles. The Morgan fingerprint density at radius 1 is 1.12 bits per heavy atom. The molecule has 0 spiro atoms. The van der Waals surface area contributed by atoms with Gasteiger partial charge in [0.15, 0.2) is 0 Å². The summed E-state index contributed by atoms with van der Waals surface area (Å²) in [5.41, 5.74) is 4.73. The Kier molecular flexibility index (Phi) is 7.91. The molecule has 1 rings (SSSR count). The molecule has 2 unspecified atom stereocenters. The van der Waals surface area contributed by atoms with Crippen molar-refractivity contribution in [3.8, 4) is 0 Å². The summed E-state index contributed by atoms with van der Waals surface area (Å²) in [6.07, 6.45) is -7.02. The number of hydrogen-bond donors (Lipinski definition) is 3. The van der Waals surface area contributed by atoms with Gasteiger partial charge in [0.25, 0.3) is 0 Å². The number of benzene rings is 1. The maximum absolute atomic E-state index is 14.0. The van der Waals surface area contributed by atoms with Crippen LogP contribution in [-0.4, -0.2) is 28.5 Å². The second-order valence-corrected chi connectivity index (χ2v) is 5.61. The van der Waals surface area contributed by atoms with Crippen LogP contribution in [0.25, 0.3) is 0 Å². The Morgan fingerprint density at radius 2 is 1.56 bits per heavy atom. The third kappa shape index (κ3) is 6.20. The normalized spacial score (nSPS) is 14.6. The van der Waals surface area contributed by atoms with Crippen LogP contribution in [0.5, 0.6) is 0 Å². The van der Waals surface area contributed by atoms with Gasteiger partial charge in [0.2, 0.25) is 0 Å². The van der Waals surface area contributed by atoms with Crippen molar-refractivity contribution in [2.24, 2.45) is 11.7 Å². The minimum Gasteiger partial charge on any atom is -0.475 e. The Hall–Kier alpha value is -1.81. The molecule has 0 aliphatic heterocycles. The number of carboxylic acids is 1. The molecule has 0 fully saturated rings. The zero-order valence-electron chi connectivity index (χ0n) is 13.6. The maximum atomic E-state index is 14.0. The summed E-state index contributed by atoms with van der Waals surface area (Å²) in [7, 11) is 0. The van der Waals surface area contributed by atoms with Crippen molar-refractivity contribution in [1.29, 1.82) is 0 Å². The number of aliphatic hydroxyl groups excluding tert-OH is 1. The monoisotopic (exact) mass is 375 g/mol. The van der Waals surface area contributed by atoms with Crippen LogP contribution in [0.3, 0.4) is 0 Å². The van der Waals surface area contributed by atoms with Crippen molar-refractivity contribution >= 4 is 5.97 Å². The van der Waals surface area contributed by atoms with E-state index in [0.29, 0.717) is 0 Å². The molecule has 10 heteroatoms. The minimum atomic E-state index is -5.08. The van der Waals surface area contributed by atoms with E-state index >= 15 is 0 Å². The average Bonchev–Trinajstić information content (AvgIpc) is 2.45. The molecule has 0 radical (unpaired) electrons. The molecule has 0 bridgehead atoms. The highest BCUT2D eigenvalue weighted by Gasteiger charge is 2.44. The van der Waals surface area contributed by atoms with Gasteiger partial charge in [0.1, 0.15) is 11.9 Å². The molecule has 0 saturated heterocycles. The highest BCUT2D eigenvalue weighted by Crippen LogP contribution is 2.37. The zero-order chi connectivity index (χ0) is 20.2. The van der Waals surface area contributed by atoms with Gasteiger partial charge in [0.05, 0.1) is 5.56 Å². The summed E-state index contributed by atoms with van der Waals surface area (Å²) in [4.78, 5) is 8.90. The number of rotatable bonds is 4. The predicted octanol–water partition coefficient (Wildman–Crippen LogP) is 3.59. The summed E-state index contributed by atoms with van der Waals surface area (Å²) in [6, 6.07) is 2.98. The molecule has 25 heavy (non-hydrogen) atoms. The molecule has 0 aromatic heterocycles. The smallest absolute Gasteiger partial charge is 0.475 e. The van der Waals surface area contributed by atoms with Crippen molar-refractivity contribution in [3.05, 3.63) is 35.1 Å². The average molecular weight is 375 g/mol. The first kappa shape index (κ1) is 23.2. The molecule has 0 aliphatic rings. The van der Waals surface area contributed by atoms with E-state index in [1.54, 1.807) is 0 Å². The van der Waals surface area contributed by atoms with E-state index in [-0.39, 0.29) is 5.56 Å². The van der Waals surface area contributed by atoms with Crippen molar-refractivity contribution in [3.63, 3.8) is 0 Å². The number of nitrogens with two attached hydrogens (primary N) is 1. The molecule has 144 valence electrons. The Balaban J connectivity index is 0.000000697. The first-order valence-corrected chi connectivity index (χ1v) is 7.04. The summed E-state index contributed by atoms with van der Waals surface area (Å²) >= 11 is 0. The van der Waals surface area contributed by atoms with Crippen molar-refractivity contribution in [2.45, 2.75) is 45.0 Å². The molecule has 1 aromatic carbocycles. The van der Waals surface area contributed by atoms with Gasteiger partial charge in [-0.05, 0) is 18.9 Å². The highest BCUT2D eigenvalue weighted by molar-refractivity contribution is 5.73. The first-order valence-electron chi connectivity index (χ1n) is 7.04. The van der Waals surface area contributed by atoms with Crippen molar-refractivity contribution < 1.29 is 41.4 Å². The van der Waals surface area contributed by atoms with Crippen LogP contribution >= 0.6 is 0 Å². The Bertz CT molecular complexity index is 587. The summed E-state index contributed by atoms with van der Waals surface area (Å²) in [5.74, 6) is -8.12. The standard InChI is InChI=1S/C13H18F3NO.C2HF3O2/c1-7(2)12(18)13(15,16)10-6-4-5-9(8(3)17)11(10)14;3-2(4,5)1(6)7/h4-8,12,18H,17H2,1-3H3;(H,6,7). The van der Waals surface area contributed by atoms with E-state index in [0.717, 1.165) is 6.07 Å². The lowest BCUT2D eigenvalue weighted by Gasteiger charge is -2.26. The summed E-state index contributed by atoms with van der Waals surface area (Å²) in [6.45, 7) is 4.41. The quantitative estimate of drug-likeness (QED) is 0.703. The van der Waals surface area contributed by atoms with Crippen LogP contribution in [0, 0.1) is 11.7 Å². The third-order valence-corrected chi connectivity index (χ3v) is 3.12. The van der Waals surface area contributed by atoms with Crippen LogP contribution in [0.4, 0.5) is 26.3 Å². The van der Waals surface area contributed by atoms with Crippen molar-refractivity contribution in [2.75, 3.05) is 0 Å². The second-order valence-electron chi connectivity index (χ2n) is 5.61. The Labute approximate surface area is 140 Å². The highest BCUT2D eigenvalue weighted by atomic mass is 19.4. The van der Waals surface area contributed by atoms with Gasteiger partial charge in [-0.1, -0.05) is 26.0 Å². The largest absolute Gasteiger partial charge is 0.490 e. The first-order chi connectivity index (χ1) is 11.1.